The SMILES string of the molecule is CNC(c1ccc2c(c1)COC2)c1cccc(F)c1F. The fourth-order valence-corrected chi connectivity index (χ4v) is 2.62. The molecule has 2 aromatic carbocycles. The number of nitrogens with one attached hydrogen (secondary N) is 1. The van der Waals surface area contributed by atoms with E-state index in [4.69, 9.17) is 4.74 Å². The number of benzene rings is 2. The first-order chi connectivity index (χ1) is 9.70. The average Bonchev–Trinajstić information content (AvgIpc) is 2.92. The maximum Gasteiger partial charge on any atom is 0.163 e. The van der Waals surface area contributed by atoms with Gasteiger partial charge in [0, 0.05) is 5.56 Å². The lowest BCUT2D eigenvalue weighted by atomic mass is 9.95. The van der Waals surface area contributed by atoms with Gasteiger partial charge in [0.2, 0.25) is 0 Å². The minimum atomic E-state index is -0.827. The van der Waals surface area contributed by atoms with Crippen molar-refractivity contribution in [2.75, 3.05) is 7.05 Å². The van der Waals surface area contributed by atoms with E-state index in [0.29, 0.717) is 18.8 Å². The van der Waals surface area contributed by atoms with Gasteiger partial charge in [-0.2, -0.15) is 0 Å². The highest BCUT2D eigenvalue weighted by Crippen LogP contribution is 2.29. The minimum absolute atomic E-state index is 0.311. The minimum Gasteiger partial charge on any atom is -0.372 e. The van der Waals surface area contributed by atoms with Crippen LogP contribution in [0.2, 0.25) is 0 Å². The third kappa shape index (κ3) is 2.21. The molecule has 0 saturated carbocycles. The van der Waals surface area contributed by atoms with E-state index in [1.807, 2.05) is 18.2 Å². The Morgan fingerprint density at radius 1 is 1.10 bits per heavy atom. The van der Waals surface area contributed by atoms with E-state index >= 15 is 0 Å². The molecular weight excluding hydrogens is 260 g/mol. The van der Waals surface area contributed by atoms with E-state index in [2.05, 4.69) is 5.32 Å². The van der Waals surface area contributed by atoms with E-state index in [9.17, 15) is 8.78 Å². The molecule has 20 heavy (non-hydrogen) atoms. The van der Waals surface area contributed by atoms with Crippen LogP contribution in [0.3, 0.4) is 0 Å². The molecule has 0 amide bonds. The summed E-state index contributed by atoms with van der Waals surface area (Å²) in [6.45, 7) is 1.19. The number of hydrogen-bond acceptors (Lipinski definition) is 2. The normalized spacial score (nSPS) is 15.2. The van der Waals surface area contributed by atoms with Crippen molar-refractivity contribution >= 4 is 0 Å². The summed E-state index contributed by atoms with van der Waals surface area (Å²) >= 11 is 0. The van der Waals surface area contributed by atoms with Crippen molar-refractivity contribution < 1.29 is 13.5 Å². The average molecular weight is 275 g/mol. The summed E-state index contributed by atoms with van der Waals surface area (Å²) in [7, 11) is 1.73. The largest absolute Gasteiger partial charge is 0.372 e. The summed E-state index contributed by atoms with van der Waals surface area (Å²) in [5.41, 5.74) is 3.48. The zero-order chi connectivity index (χ0) is 14.1. The van der Waals surface area contributed by atoms with Crippen LogP contribution in [0.5, 0.6) is 0 Å². The van der Waals surface area contributed by atoms with Crippen LogP contribution in [0.15, 0.2) is 36.4 Å². The maximum absolute atomic E-state index is 14.0. The van der Waals surface area contributed by atoms with E-state index < -0.39 is 11.6 Å². The van der Waals surface area contributed by atoms with Crippen LogP contribution >= 0.6 is 0 Å². The number of fused-ring (bicyclic) bond motifs is 1. The highest BCUT2D eigenvalue weighted by Gasteiger charge is 2.20. The Morgan fingerprint density at radius 3 is 2.70 bits per heavy atom. The third-order valence-electron chi connectivity index (χ3n) is 3.66. The molecule has 0 bridgehead atoms. The van der Waals surface area contributed by atoms with Crippen molar-refractivity contribution in [2.45, 2.75) is 19.3 Å². The molecule has 1 aliphatic heterocycles. The molecule has 0 spiro atoms. The molecular formula is C16H15F2NO. The van der Waals surface area contributed by atoms with E-state index in [0.717, 1.165) is 22.8 Å². The van der Waals surface area contributed by atoms with Gasteiger partial charge in [-0.25, -0.2) is 8.78 Å². The first-order valence-electron chi connectivity index (χ1n) is 6.51. The Labute approximate surface area is 116 Å². The van der Waals surface area contributed by atoms with Gasteiger partial charge in [0.25, 0.3) is 0 Å². The number of halogens is 2. The molecule has 0 aliphatic carbocycles. The second kappa shape index (κ2) is 5.31. The lowest BCUT2D eigenvalue weighted by Crippen LogP contribution is -2.19. The molecule has 1 atom stereocenters. The molecule has 0 aromatic heterocycles. The summed E-state index contributed by atoms with van der Waals surface area (Å²) in [5, 5.41) is 3.05. The number of rotatable bonds is 3. The number of hydrogen-bond donors (Lipinski definition) is 1. The quantitative estimate of drug-likeness (QED) is 0.928. The molecule has 0 fully saturated rings. The van der Waals surface area contributed by atoms with Gasteiger partial charge in [-0.05, 0) is 29.8 Å². The Bertz CT molecular complexity index is 642. The van der Waals surface area contributed by atoms with Gasteiger partial charge in [-0.15, -0.1) is 0 Å². The first-order valence-corrected chi connectivity index (χ1v) is 6.51. The fraction of sp³-hybridized carbons (Fsp3) is 0.250. The predicted octanol–water partition coefficient (Wildman–Crippen LogP) is 3.30. The van der Waals surface area contributed by atoms with Crippen LogP contribution in [0, 0.1) is 11.6 Å². The second-order valence-electron chi connectivity index (χ2n) is 4.89. The van der Waals surface area contributed by atoms with Gasteiger partial charge in [-0.1, -0.05) is 30.3 Å². The Morgan fingerprint density at radius 2 is 1.90 bits per heavy atom. The van der Waals surface area contributed by atoms with Gasteiger partial charge in [0.15, 0.2) is 11.6 Å². The summed E-state index contributed by atoms with van der Waals surface area (Å²) in [6, 6.07) is 9.78. The smallest absolute Gasteiger partial charge is 0.163 e. The predicted molar refractivity (Wildman–Crippen MR) is 72.2 cm³/mol. The van der Waals surface area contributed by atoms with Crippen molar-refractivity contribution in [3.8, 4) is 0 Å². The van der Waals surface area contributed by atoms with Crippen molar-refractivity contribution in [1.29, 1.82) is 0 Å². The molecule has 0 saturated heterocycles. The molecule has 1 heterocycles. The molecule has 1 N–H and O–H groups in total. The van der Waals surface area contributed by atoms with Crippen LogP contribution in [-0.2, 0) is 18.0 Å². The van der Waals surface area contributed by atoms with Crippen LogP contribution in [0.4, 0.5) is 8.78 Å². The molecule has 104 valence electrons. The molecule has 1 unspecified atom stereocenters. The van der Waals surface area contributed by atoms with Gasteiger partial charge in [-0.3, -0.25) is 0 Å². The Hall–Kier alpha value is -1.78. The van der Waals surface area contributed by atoms with Crippen molar-refractivity contribution in [3.63, 3.8) is 0 Å². The van der Waals surface area contributed by atoms with Crippen molar-refractivity contribution in [2.24, 2.45) is 0 Å². The van der Waals surface area contributed by atoms with Crippen LogP contribution in [0.25, 0.3) is 0 Å². The van der Waals surface area contributed by atoms with Gasteiger partial charge < -0.3 is 10.1 Å². The lowest BCUT2D eigenvalue weighted by molar-refractivity contribution is 0.134. The zero-order valence-corrected chi connectivity index (χ0v) is 11.1. The molecule has 2 aromatic rings. The summed E-state index contributed by atoms with van der Waals surface area (Å²) < 4.78 is 32.7. The number of ether oxygens (including phenoxy) is 1. The molecule has 2 nitrogen and oxygen atoms in total. The highest BCUT2D eigenvalue weighted by molar-refractivity contribution is 5.39. The molecule has 1 aliphatic rings. The van der Waals surface area contributed by atoms with Gasteiger partial charge in [0.05, 0.1) is 19.3 Å². The lowest BCUT2D eigenvalue weighted by Gasteiger charge is -2.19. The first kappa shape index (κ1) is 13.2. The van der Waals surface area contributed by atoms with Crippen LogP contribution in [0.1, 0.15) is 28.3 Å². The van der Waals surface area contributed by atoms with Gasteiger partial charge in [0.1, 0.15) is 0 Å². The standard InChI is InChI=1S/C16H15F2NO/c1-19-16(13-3-2-4-14(17)15(13)18)10-5-6-11-8-20-9-12(11)7-10/h2-7,16,19H,8-9H2,1H3. The van der Waals surface area contributed by atoms with Crippen molar-refractivity contribution in [1.82, 2.24) is 5.32 Å². The zero-order valence-electron chi connectivity index (χ0n) is 11.1. The molecule has 0 radical (unpaired) electrons. The fourth-order valence-electron chi connectivity index (χ4n) is 2.62. The monoisotopic (exact) mass is 275 g/mol. The second-order valence-corrected chi connectivity index (χ2v) is 4.89. The third-order valence-corrected chi connectivity index (χ3v) is 3.66. The molecule has 3 rings (SSSR count). The molecule has 4 heteroatoms. The van der Waals surface area contributed by atoms with E-state index in [1.54, 1.807) is 13.1 Å². The van der Waals surface area contributed by atoms with E-state index in [1.165, 1.54) is 6.07 Å². The maximum atomic E-state index is 14.0. The van der Waals surface area contributed by atoms with Crippen LogP contribution in [-0.4, -0.2) is 7.05 Å². The van der Waals surface area contributed by atoms with Gasteiger partial charge >= 0.3 is 0 Å². The summed E-state index contributed by atoms with van der Waals surface area (Å²) in [6.07, 6.45) is 0. The topological polar surface area (TPSA) is 21.3 Å². The highest BCUT2D eigenvalue weighted by atomic mass is 19.2. The Kier molecular flexibility index (Phi) is 3.51. The van der Waals surface area contributed by atoms with Crippen LogP contribution < -0.4 is 5.32 Å². The summed E-state index contributed by atoms with van der Waals surface area (Å²) in [4.78, 5) is 0. The van der Waals surface area contributed by atoms with Crippen molar-refractivity contribution in [3.05, 3.63) is 70.3 Å². The van der Waals surface area contributed by atoms with E-state index in [-0.39, 0.29) is 6.04 Å². The summed E-state index contributed by atoms with van der Waals surface area (Å²) in [5.74, 6) is -1.63. The Balaban J connectivity index is 2.03.